The van der Waals surface area contributed by atoms with Gasteiger partial charge in [0.05, 0.1) is 6.61 Å². The van der Waals surface area contributed by atoms with Crippen LogP contribution in [-0.2, 0) is 0 Å². The lowest BCUT2D eigenvalue weighted by atomic mass is 10.0. The van der Waals surface area contributed by atoms with Crippen LogP contribution in [0.4, 0.5) is 0 Å². The molecule has 0 spiro atoms. The van der Waals surface area contributed by atoms with Crippen molar-refractivity contribution in [3.63, 3.8) is 0 Å². The molecule has 0 aromatic heterocycles. The van der Waals surface area contributed by atoms with Crippen molar-refractivity contribution in [2.45, 2.75) is 129 Å². The minimum Gasteiger partial charge on any atom is -0.395 e. The van der Waals surface area contributed by atoms with Crippen molar-refractivity contribution in [3.05, 3.63) is 0 Å². The van der Waals surface area contributed by atoms with Crippen LogP contribution >= 0.6 is 0 Å². The zero-order valence-corrected chi connectivity index (χ0v) is 18.0. The normalized spacial score (nSPS) is 12.6. The fourth-order valence-corrected chi connectivity index (χ4v) is 3.50. The van der Waals surface area contributed by atoms with Gasteiger partial charge in [0.2, 0.25) is 0 Å². The average Bonchev–Trinajstić information content (AvgIpc) is 2.66. The molecule has 0 bridgehead atoms. The number of nitrogens with two attached hydrogens (primary N) is 1. The van der Waals surface area contributed by atoms with Gasteiger partial charge in [0.15, 0.2) is 0 Å². The molecule has 0 saturated carbocycles. The van der Waals surface area contributed by atoms with Crippen LogP contribution in [0.2, 0.25) is 0 Å². The Bertz CT molecular complexity index is 248. The van der Waals surface area contributed by atoms with Gasteiger partial charge in [-0.25, -0.2) is 0 Å². The maximum absolute atomic E-state index is 8.83. The van der Waals surface area contributed by atoms with Crippen LogP contribution in [0.1, 0.15) is 122 Å². The molecule has 0 aliphatic heterocycles. The number of rotatable bonds is 22. The van der Waals surface area contributed by atoms with Crippen molar-refractivity contribution in [1.82, 2.24) is 5.32 Å². The third-order valence-corrected chi connectivity index (χ3v) is 5.35. The molecule has 0 saturated heterocycles. The molecule has 3 nitrogen and oxygen atoms in total. The predicted molar refractivity (Wildman–Crippen MR) is 117 cm³/mol. The quantitative estimate of drug-likeness (QED) is 0.207. The fraction of sp³-hybridized carbons (Fsp3) is 1.00. The van der Waals surface area contributed by atoms with E-state index in [0.717, 1.165) is 13.1 Å². The van der Waals surface area contributed by atoms with E-state index < -0.39 is 0 Å². The van der Waals surface area contributed by atoms with E-state index >= 15 is 0 Å². The number of hydrogen-bond donors (Lipinski definition) is 3. The molecule has 26 heavy (non-hydrogen) atoms. The summed E-state index contributed by atoms with van der Waals surface area (Å²) >= 11 is 0. The summed E-state index contributed by atoms with van der Waals surface area (Å²) in [5.74, 6) is 0. The average molecular weight is 371 g/mol. The molecule has 0 aliphatic carbocycles. The van der Waals surface area contributed by atoms with E-state index in [4.69, 9.17) is 10.8 Å². The highest BCUT2D eigenvalue weighted by molar-refractivity contribution is 4.62. The van der Waals surface area contributed by atoms with Crippen LogP contribution in [-0.4, -0.2) is 30.8 Å². The maximum atomic E-state index is 8.83. The van der Waals surface area contributed by atoms with E-state index in [0.29, 0.717) is 0 Å². The molecule has 0 rings (SSSR count). The van der Waals surface area contributed by atoms with Crippen molar-refractivity contribution in [1.29, 1.82) is 0 Å². The topological polar surface area (TPSA) is 58.3 Å². The summed E-state index contributed by atoms with van der Waals surface area (Å²) in [6.45, 7) is 4.13. The van der Waals surface area contributed by atoms with Crippen molar-refractivity contribution in [2.75, 3.05) is 19.7 Å². The second-order valence-corrected chi connectivity index (χ2v) is 8.16. The number of aliphatic hydroxyl groups excluding tert-OH is 1. The van der Waals surface area contributed by atoms with E-state index in [1.54, 1.807) is 0 Å². The van der Waals surface area contributed by atoms with Gasteiger partial charge in [0.25, 0.3) is 0 Å². The van der Waals surface area contributed by atoms with Crippen LogP contribution in [0, 0.1) is 0 Å². The zero-order chi connectivity index (χ0) is 19.1. The Morgan fingerprint density at radius 2 is 0.962 bits per heavy atom. The third kappa shape index (κ3) is 21.9. The second kappa shape index (κ2) is 22.9. The summed E-state index contributed by atoms with van der Waals surface area (Å²) in [5.41, 5.74) is 5.64. The Morgan fingerprint density at radius 3 is 1.31 bits per heavy atom. The van der Waals surface area contributed by atoms with Gasteiger partial charge in [-0.1, -0.05) is 116 Å². The largest absolute Gasteiger partial charge is 0.395 e. The van der Waals surface area contributed by atoms with Gasteiger partial charge >= 0.3 is 0 Å². The molecule has 0 aromatic carbocycles. The molecular weight excluding hydrogens is 320 g/mol. The van der Waals surface area contributed by atoms with Crippen LogP contribution < -0.4 is 11.1 Å². The second-order valence-electron chi connectivity index (χ2n) is 8.16. The standard InChI is InChI=1S/C23H50N2O/c1-2-3-4-5-6-7-8-9-10-11-12-13-14-15-16-17-18-19-20-25-21-23(24)22-26/h23,25-26H,2-22,24H2,1H3/t23-/m1/s1. The molecule has 3 heteroatoms. The Labute approximate surface area is 164 Å². The summed E-state index contributed by atoms with van der Waals surface area (Å²) < 4.78 is 0. The summed E-state index contributed by atoms with van der Waals surface area (Å²) in [7, 11) is 0. The lowest BCUT2D eigenvalue weighted by Gasteiger charge is -2.09. The Hall–Kier alpha value is -0.120. The Morgan fingerprint density at radius 1 is 0.615 bits per heavy atom. The number of hydrogen-bond acceptors (Lipinski definition) is 3. The smallest absolute Gasteiger partial charge is 0.0594 e. The van der Waals surface area contributed by atoms with Gasteiger partial charge in [-0.3, -0.25) is 0 Å². The first-order chi connectivity index (χ1) is 12.8. The maximum Gasteiger partial charge on any atom is 0.0594 e. The molecule has 0 aliphatic rings. The summed E-state index contributed by atoms with van der Waals surface area (Å²) in [4.78, 5) is 0. The number of unbranched alkanes of at least 4 members (excludes halogenated alkanes) is 17. The highest BCUT2D eigenvalue weighted by atomic mass is 16.3. The first-order valence-electron chi connectivity index (χ1n) is 11.9. The molecule has 0 heterocycles. The molecule has 4 N–H and O–H groups in total. The summed E-state index contributed by atoms with van der Waals surface area (Å²) in [6.07, 6.45) is 25.5. The number of aliphatic hydroxyl groups is 1. The lowest BCUT2D eigenvalue weighted by molar-refractivity contribution is 0.262. The predicted octanol–water partition coefficient (Wildman–Crippen LogP) is 5.94. The van der Waals surface area contributed by atoms with Crippen molar-refractivity contribution >= 4 is 0 Å². The van der Waals surface area contributed by atoms with Crippen LogP contribution in [0.5, 0.6) is 0 Å². The van der Waals surface area contributed by atoms with Crippen molar-refractivity contribution < 1.29 is 5.11 Å². The molecule has 0 unspecified atom stereocenters. The number of nitrogens with one attached hydrogen (secondary N) is 1. The molecule has 158 valence electrons. The zero-order valence-electron chi connectivity index (χ0n) is 18.0. The minimum atomic E-state index is -0.106. The SMILES string of the molecule is CCCCCCCCCCCCCCCCCCCCNC[C@@H](N)CO. The molecule has 0 aromatic rings. The third-order valence-electron chi connectivity index (χ3n) is 5.35. The van der Waals surface area contributed by atoms with Gasteiger partial charge in [-0.15, -0.1) is 0 Å². The Kier molecular flexibility index (Phi) is 22.8. The first-order valence-corrected chi connectivity index (χ1v) is 11.9. The van der Waals surface area contributed by atoms with Crippen LogP contribution in [0.15, 0.2) is 0 Å². The van der Waals surface area contributed by atoms with E-state index in [2.05, 4.69) is 12.2 Å². The van der Waals surface area contributed by atoms with E-state index in [1.165, 1.54) is 116 Å². The van der Waals surface area contributed by atoms with Crippen LogP contribution in [0.3, 0.4) is 0 Å². The van der Waals surface area contributed by atoms with Crippen LogP contribution in [0.25, 0.3) is 0 Å². The van der Waals surface area contributed by atoms with Gasteiger partial charge in [0.1, 0.15) is 0 Å². The monoisotopic (exact) mass is 370 g/mol. The van der Waals surface area contributed by atoms with Gasteiger partial charge in [0, 0.05) is 12.6 Å². The van der Waals surface area contributed by atoms with Gasteiger partial charge in [-0.05, 0) is 13.0 Å². The molecule has 1 atom stereocenters. The molecule has 0 amide bonds. The van der Waals surface area contributed by atoms with E-state index in [1.807, 2.05) is 0 Å². The first kappa shape index (κ1) is 25.9. The Balaban J connectivity index is 2.99. The van der Waals surface area contributed by atoms with Crippen molar-refractivity contribution in [3.8, 4) is 0 Å². The van der Waals surface area contributed by atoms with Gasteiger partial charge in [-0.2, -0.15) is 0 Å². The summed E-state index contributed by atoms with van der Waals surface area (Å²) in [6, 6.07) is -0.106. The minimum absolute atomic E-state index is 0.0755. The van der Waals surface area contributed by atoms with Crippen molar-refractivity contribution in [2.24, 2.45) is 5.73 Å². The highest BCUT2D eigenvalue weighted by Gasteiger charge is 1.98. The fourth-order valence-electron chi connectivity index (χ4n) is 3.50. The van der Waals surface area contributed by atoms with Gasteiger partial charge < -0.3 is 16.2 Å². The van der Waals surface area contributed by atoms with E-state index in [9.17, 15) is 0 Å². The molecule has 0 fully saturated rings. The highest BCUT2D eigenvalue weighted by Crippen LogP contribution is 2.14. The molecular formula is C23H50N2O. The summed E-state index contributed by atoms with van der Waals surface area (Å²) in [5, 5.41) is 12.1. The molecule has 0 radical (unpaired) electrons. The van der Waals surface area contributed by atoms with E-state index in [-0.39, 0.29) is 12.6 Å². The lowest BCUT2D eigenvalue weighted by Crippen LogP contribution is -2.36.